The van der Waals surface area contributed by atoms with Crippen LogP contribution in [0.1, 0.15) is 16.9 Å². The van der Waals surface area contributed by atoms with Crippen LogP contribution in [0, 0.1) is 13.8 Å². The van der Waals surface area contributed by atoms with Gasteiger partial charge in [0.1, 0.15) is 11.5 Å². The van der Waals surface area contributed by atoms with E-state index < -0.39 is 11.9 Å². The highest BCUT2D eigenvalue weighted by atomic mass is 16.6. The number of nitrogens with one attached hydrogen (secondary N) is 1. The zero-order valence-electron chi connectivity index (χ0n) is 13.1. The minimum atomic E-state index is -0.601. The molecular formula is C17H19NO5. The summed E-state index contributed by atoms with van der Waals surface area (Å²) in [6, 6.07) is 9.01. The van der Waals surface area contributed by atoms with E-state index in [0.29, 0.717) is 11.5 Å². The topological polar surface area (TPSA) is 77.8 Å². The molecule has 1 heterocycles. The quantitative estimate of drug-likeness (QED) is 0.792. The van der Waals surface area contributed by atoms with E-state index in [-0.39, 0.29) is 19.8 Å². The van der Waals surface area contributed by atoms with E-state index >= 15 is 0 Å². The first kappa shape index (κ1) is 16.6. The van der Waals surface area contributed by atoms with Gasteiger partial charge < -0.3 is 19.2 Å². The largest absolute Gasteiger partial charge is 0.482 e. The molecule has 6 nitrogen and oxygen atoms in total. The molecule has 122 valence electrons. The minimum Gasteiger partial charge on any atom is -0.482 e. The lowest BCUT2D eigenvalue weighted by atomic mass is 10.1. The first-order chi connectivity index (χ1) is 11.0. The van der Waals surface area contributed by atoms with E-state index in [1.807, 2.05) is 26.0 Å². The van der Waals surface area contributed by atoms with Crippen LogP contribution in [0.5, 0.6) is 5.75 Å². The maximum Gasteiger partial charge on any atom is 0.344 e. The van der Waals surface area contributed by atoms with E-state index in [1.54, 1.807) is 18.2 Å². The Kier molecular flexibility index (Phi) is 5.80. The number of ether oxygens (including phenoxy) is 2. The second-order valence-electron chi connectivity index (χ2n) is 5.05. The third-order valence-corrected chi connectivity index (χ3v) is 3.24. The first-order valence-corrected chi connectivity index (χ1v) is 7.19. The molecule has 23 heavy (non-hydrogen) atoms. The zero-order valence-corrected chi connectivity index (χ0v) is 13.1. The molecule has 0 aliphatic carbocycles. The molecule has 1 aromatic carbocycles. The molecule has 0 aliphatic rings. The van der Waals surface area contributed by atoms with Gasteiger partial charge in [0.25, 0.3) is 5.91 Å². The Labute approximate surface area is 134 Å². The second kappa shape index (κ2) is 8.03. The Balaban J connectivity index is 1.66. The molecule has 0 spiro atoms. The van der Waals surface area contributed by atoms with Crippen molar-refractivity contribution < 1.29 is 23.5 Å². The third-order valence-electron chi connectivity index (χ3n) is 3.24. The van der Waals surface area contributed by atoms with Gasteiger partial charge in [0, 0.05) is 0 Å². The highest BCUT2D eigenvalue weighted by molar-refractivity contribution is 5.80. The van der Waals surface area contributed by atoms with Gasteiger partial charge in [-0.25, -0.2) is 4.79 Å². The molecule has 0 atom stereocenters. The lowest BCUT2D eigenvalue weighted by Crippen LogP contribution is -2.29. The van der Waals surface area contributed by atoms with Gasteiger partial charge >= 0.3 is 5.97 Å². The summed E-state index contributed by atoms with van der Waals surface area (Å²) in [5, 5.41) is 2.58. The number of furan rings is 1. The van der Waals surface area contributed by atoms with Crippen molar-refractivity contribution in [1.82, 2.24) is 5.32 Å². The SMILES string of the molecule is Cc1ccc(OCC(=O)OCC(=O)NCc2ccco2)cc1C. The van der Waals surface area contributed by atoms with Crippen molar-refractivity contribution in [2.24, 2.45) is 0 Å². The Morgan fingerprint density at radius 2 is 1.96 bits per heavy atom. The van der Waals surface area contributed by atoms with Crippen LogP contribution < -0.4 is 10.1 Å². The van der Waals surface area contributed by atoms with Gasteiger partial charge in [-0.2, -0.15) is 0 Å². The van der Waals surface area contributed by atoms with Crippen molar-refractivity contribution in [3.05, 3.63) is 53.5 Å². The summed E-state index contributed by atoms with van der Waals surface area (Å²) in [5.41, 5.74) is 2.22. The molecule has 0 fully saturated rings. The van der Waals surface area contributed by atoms with Crippen LogP contribution in [0.4, 0.5) is 0 Å². The predicted octanol–water partition coefficient (Wildman–Crippen LogP) is 2.13. The van der Waals surface area contributed by atoms with Crippen molar-refractivity contribution in [3.8, 4) is 5.75 Å². The summed E-state index contributed by atoms with van der Waals surface area (Å²) in [6.07, 6.45) is 1.52. The maximum absolute atomic E-state index is 11.6. The maximum atomic E-state index is 11.6. The van der Waals surface area contributed by atoms with Crippen LogP contribution in [-0.4, -0.2) is 25.1 Å². The van der Waals surface area contributed by atoms with E-state index in [2.05, 4.69) is 5.32 Å². The van der Waals surface area contributed by atoms with E-state index in [1.165, 1.54) is 6.26 Å². The summed E-state index contributed by atoms with van der Waals surface area (Å²) in [6.45, 7) is 3.62. The Morgan fingerprint density at radius 1 is 1.13 bits per heavy atom. The minimum absolute atomic E-state index is 0.242. The molecule has 6 heteroatoms. The zero-order chi connectivity index (χ0) is 16.7. The Hall–Kier alpha value is -2.76. The number of aryl methyl sites for hydroxylation is 2. The van der Waals surface area contributed by atoms with E-state index in [0.717, 1.165) is 11.1 Å². The average Bonchev–Trinajstić information content (AvgIpc) is 3.05. The van der Waals surface area contributed by atoms with Gasteiger partial charge in [0.15, 0.2) is 13.2 Å². The van der Waals surface area contributed by atoms with E-state index in [4.69, 9.17) is 13.9 Å². The van der Waals surface area contributed by atoms with Gasteiger partial charge in [-0.3, -0.25) is 4.79 Å². The number of hydrogen-bond donors (Lipinski definition) is 1. The Bertz CT molecular complexity index is 664. The molecule has 1 amide bonds. The first-order valence-electron chi connectivity index (χ1n) is 7.19. The number of carbonyl (C=O) groups is 2. The standard InChI is InChI=1S/C17H19NO5/c1-12-5-6-14(8-13(12)2)22-11-17(20)23-10-16(19)18-9-15-4-3-7-21-15/h3-8H,9-11H2,1-2H3,(H,18,19). The summed E-state index contributed by atoms with van der Waals surface area (Å²) >= 11 is 0. The van der Waals surface area contributed by atoms with Gasteiger partial charge in [0.2, 0.25) is 0 Å². The summed E-state index contributed by atoms with van der Waals surface area (Å²) < 4.78 is 15.2. The molecule has 2 aromatic rings. The van der Waals surface area contributed by atoms with Crippen LogP contribution in [-0.2, 0) is 20.9 Å². The molecule has 2 rings (SSSR count). The third kappa shape index (κ3) is 5.50. The normalized spacial score (nSPS) is 10.2. The fraction of sp³-hybridized carbons (Fsp3) is 0.294. The summed E-state index contributed by atoms with van der Waals surface area (Å²) in [7, 11) is 0. The molecule has 0 aliphatic heterocycles. The number of rotatable bonds is 7. The molecule has 0 radical (unpaired) electrons. The van der Waals surface area contributed by atoms with Crippen LogP contribution in [0.3, 0.4) is 0 Å². The summed E-state index contributed by atoms with van der Waals surface area (Å²) in [5.74, 6) is 0.215. The van der Waals surface area contributed by atoms with Crippen molar-refractivity contribution >= 4 is 11.9 Å². The lowest BCUT2D eigenvalue weighted by molar-refractivity contribution is -0.150. The average molecular weight is 317 g/mol. The monoisotopic (exact) mass is 317 g/mol. The fourth-order valence-corrected chi connectivity index (χ4v) is 1.78. The number of hydrogen-bond acceptors (Lipinski definition) is 5. The van der Waals surface area contributed by atoms with Crippen molar-refractivity contribution in [2.75, 3.05) is 13.2 Å². The Morgan fingerprint density at radius 3 is 2.65 bits per heavy atom. The number of carbonyl (C=O) groups excluding carboxylic acids is 2. The molecule has 0 saturated carbocycles. The highest BCUT2D eigenvalue weighted by Gasteiger charge is 2.09. The van der Waals surface area contributed by atoms with Crippen LogP contribution in [0.25, 0.3) is 0 Å². The van der Waals surface area contributed by atoms with Gasteiger partial charge in [-0.05, 0) is 49.2 Å². The smallest absolute Gasteiger partial charge is 0.344 e. The van der Waals surface area contributed by atoms with Crippen LogP contribution >= 0.6 is 0 Å². The fourth-order valence-electron chi connectivity index (χ4n) is 1.78. The van der Waals surface area contributed by atoms with Gasteiger partial charge in [-0.1, -0.05) is 6.07 Å². The molecule has 0 unspecified atom stereocenters. The van der Waals surface area contributed by atoms with Crippen molar-refractivity contribution in [1.29, 1.82) is 0 Å². The number of benzene rings is 1. The molecule has 0 saturated heterocycles. The predicted molar refractivity (Wildman–Crippen MR) is 82.9 cm³/mol. The number of esters is 1. The van der Waals surface area contributed by atoms with Crippen LogP contribution in [0.2, 0.25) is 0 Å². The van der Waals surface area contributed by atoms with Gasteiger partial charge in [0.05, 0.1) is 12.8 Å². The van der Waals surface area contributed by atoms with Crippen LogP contribution in [0.15, 0.2) is 41.0 Å². The van der Waals surface area contributed by atoms with Crippen molar-refractivity contribution in [3.63, 3.8) is 0 Å². The second-order valence-corrected chi connectivity index (χ2v) is 5.05. The lowest BCUT2D eigenvalue weighted by Gasteiger charge is -2.08. The molecule has 1 aromatic heterocycles. The summed E-state index contributed by atoms with van der Waals surface area (Å²) in [4.78, 5) is 23.1. The molecule has 1 N–H and O–H groups in total. The van der Waals surface area contributed by atoms with Gasteiger partial charge in [-0.15, -0.1) is 0 Å². The number of amides is 1. The highest BCUT2D eigenvalue weighted by Crippen LogP contribution is 2.16. The van der Waals surface area contributed by atoms with Crippen molar-refractivity contribution in [2.45, 2.75) is 20.4 Å². The molecule has 0 bridgehead atoms. The molecular weight excluding hydrogens is 298 g/mol. The van der Waals surface area contributed by atoms with E-state index in [9.17, 15) is 9.59 Å².